The van der Waals surface area contributed by atoms with Crippen LogP contribution in [0.25, 0.3) is 0 Å². The van der Waals surface area contributed by atoms with Gasteiger partial charge in [0, 0.05) is 25.3 Å². The third kappa shape index (κ3) is 5.70. The van der Waals surface area contributed by atoms with Gasteiger partial charge in [-0.2, -0.15) is 0 Å². The predicted octanol–water partition coefficient (Wildman–Crippen LogP) is 3.78. The van der Waals surface area contributed by atoms with Gasteiger partial charge in [0.2, 0.25) is 0 Å². The predicted molar refractivity (Wildman–Crippen MR) is 85.1 cm³/mol. The second-order valence-electron chi connectivity index (χ2n) is 5.24. The van der Waals surface area contributed by atoms with Gasteiger partial charge in [0.05, 0.1) is 0 Å². The number of hydrogen-bond donors (Lipinski definition) is 1. The Balaban J connectivity index is 2.45. The number of hydrogen-bond acceptors (Lipinski definition) is 3. The Hall–Kier alpha value is -0.770. The van der Waals surface area contributed by atoms with Gasteiger partial charge in [-0.05, 0) is 49.1 Å². The van der Waals surface area contributed by atoms with Crippen LogP contribution in [0.3, 0.4) is 0 Å². The Labute approximate surface area is 127 Å². The summed E-state index contributed by atoms with van der Waals surface area (Å²) in [6.45, 7) is 9.54. The van der Waals surface area contributed by atoms with Crippen LogP contribution in [0.15, 0.2) is 12.1 Å². The van der Waals surface area contributed by atoms with Crippen LogP contribution in [0.4, 0.5) is 0 Å². The minimum absolute atomic E-state index is 0.401. The molecule has 0 amide bonds. The molecule has 3 nitrogen and oxygen atoms in total. The molecule has 0 atom stereocenters. The molecule has 1 aromatic rings. The molecule has 0 fully saturated rings. The summed E-state index contributed by atoms with van der Waals surface area (Å²) in [5.41, 5.74) is 2.22. The Bertz CT molecular complexity index is 408. The van der Waals surface area contributed by atoms with Crippen LogP contribution in [0, 0.1) is 6.92 Å². The first kappa shape index (κ1) is 17.3. The van der Waals surface area contributed by atoms with E-state index in [4.69, 9.17) is 21.1 Å². The zero-order valence-corrected chi connectivity index (χ0v) is 13.7. The molecule has 0 saturated carbocycles. The Morgan fingerprint density at radius 3 is 2.60 bits per heavy atom. The van der Waals surface area contributed by atoms with Gasteiger partial charge in [0.1, 0.15) is 12.4 Å². The second kappa shape index (κ2) is 9.22. The van der Waals surface area contributed by atoms with Gasteiger partial charge in [-0.25, -0.2) is 0 Å². The van der Waals surface area contributed by atoms with E-state index < -0.39 is 0 Å². The van der Waals surface area contributed by atoms with E-state index >= 15 is 0 Å². The van der Waals surface area contributed by atoms with Gasteiger partial charge in [-0.1, -0.05) is 25.4 Å². The van der Waals surface area contributed by atoms with E-state index in [9.17, 15) is 0 Å². The SMILES string of the molecule is COCCCNCCOc1cc(C)c(Cl)cc1C(C)C. The highest BCUT2D eigenvalue weighted by atomic mass is 35.5. The zero-order valence-electron chi connectivity index (χ0n) is 13.0. The van der Waals surface area contributed by atoms with Crippen LogP contribution < -0.4 is 10.1 Å². The van der Waals surface area contributed by atoms with E-state index in [0.717, 1.165) is 42.5 Å². The molecule has 0 bridgehead atoms. The van der Waals surface area contributed by atoms with Crippen molar-refractivity contribution in [2.45, 2.75) is 33.1 Å². The van der Waals surface area contributed by atoms with E-state index in [1.807, 2.05) is 19.1 Å². The summed E-state index contributed by atoms with van der Waals surface area (Å²) in [4.78, 5) is 0. The van der Waals surface area contributed by atoms with Crippen molar-refractivity contribution >= 4 is 11.6 Å². The number of aryl methyl sites for hydroxylation is 1. The molecular weight excluding hydrogens is 274 g/mol. The minimum atomic E-state index is 0.401. The van der Waals surface area contributed by atoms with Crippen molar-refractivity contribution in [1.29, 1.82) is 0 Å². The summed E-state index contributed by atoms with van der Waals surface area (Å²) in [6, 6.07) is 4.05. The molecule has 114 valence electrons. The van der Waals surface area contributed by atoms with Crippen LogP contribution in [-0.4, -0.2) is 33.4 Å². The fourth-order valence-electron chi connectivity index (χ4n) is 1.95. The molecule has 1 rings (SSSR count). The summed E-state index contributed by atoms with van der Waals surface area (Å²) in [5.74, 6) is 1.35. The van der Waals surface area contributed by atoms with Gasteiger partial charge in [-0.3, -0.25) is 0 Å². The maximum absolute atomic E-state index is 6.18. The number of nitrogens with one attached hydrogen (secondary N) is 1. The lowest BCUT2D eigenvalue weighted by Crippen LogP contribution is -2.23. The average molecular weight is 300 g/mol. The van der Waals surface area contributed by atoms with Gasteiger partial charge < -0.3 is 14.8 Å². The lowest BCUT2D eigenvalue weighted by Gasteiger charge is -2.16. The number of methoxy groups -OCH3 is 1. The van der Waals surface area contributed by atoms with Crippen LogP contribution in [0.1, 0.15) is 37.3 Å². The summed E-state index contributed by atoms with van der Waals surface area (Å²) in [6.07, 6.45) is 1.02. The molecule has 1 N–H and O–H groups in total. The molecule has 0 unspecified atom stereocenters. The molecule has 20 heavy (non-hydrogen) atoms. The van der Waals surface area contributed by atoms with Crippen molar-refractivity contribution in [3.8, 4) is 5.75 Å². The fraction of sp³-hybridized carbons (Fsp3) is 0.625. The lowest BCUT2D eigenvalue weighted by molar-refractivity contribution is 0.193. The summed E-state index contributed by atoms with van der Waals surface area (Å²) in [7, 11) is 1.72. The molecule has 0 aliphatic heterocycles. The van der Waals surface area contributed by atoms with Gasteiger partial charge in [-0.15, -0.1) is 0 Å². The first-order valence-electron chi connectivity index (χ1n) is 7.18. The Morgan fingerprint density at radius 2 is 1.95 bits per heavy atom. The first-order chi connectivity index (χ1) is 9.56. The van der Waals surface area contributed by atoms with Crippen LogP contribution in [0.2, 0.25) is 5.02 Å². The first-order valence-corrected chi connectivity index (χ1v) is 7.56. The van der Waals surface area contributed by atoms with Crippen molar-refractivity contribution in [3.63, 3.8) is 0 Å². The number of rotatable bonds is 9. The lowest BCUT2D eigenvalue weighted by atomic mass is 10.0. The smallest absolute Gasteiger partial charge is 0.123 e. The molecule has 0 radical (unpaired) electrons. The van der Waals surface area contributed by atoms with Crippen molar-refractivity contribution in [3.05, 3.63) is 28.3 Å². The van der Waals surface area contributed by atoms with Crippen LogP contribution >= 0.6 is 11.6 Å². The number of benzene rings is 1. The highest BCUT2D eigenvalue weighted by Crippen LogP contribution is 2.31. The minimum Gasteiger partial charge on any atom is -0.492 e. The molecule has 0 heterocycles. The van der Waals surface area contributed by atoms with E-state index in [1.54, 1.807) is 7.11 Å². The zero-order chi connectivity index (χ0) is 15.0. The fourth-order valence-corrected chi connectivity index (χ4v) is 2.12. The van der Waals surface area contributed by atoms with Crippen LogP contribution in [-0.2, 0) is 4.74 Å². The van der Waals surface area contributed by atoms with E-state index in [-0.39, 0.29) is 0 Å². The second-order valence-corrected chi connectivity index (χ2v) is 5.65. The summed E-state index contributed by atoms with van der Waals surface area (Å²) < 4.78 is 10.9. The third-order valence-electron chi connectivity index (χ3n) is 3.15. The van der Waals surface area contributed by atoms with E-state index in [2.05, 4.69) is 19.2 Å². The molecule has 0 aliphatic carbocycles. The van der Waals surface area contributed by atoms with Crippen molar-refractivity contribution in [1.82, 2.24) is 5.32 Å². The molecule has 4 heteroatoms. The van der Waals surface area contributed by atoms with E-state index in [0.29, 0.717) is 12.5 Å². The molecule has 0 aliphatic rings. The maximum Gasteiger partial charge on any atom is 0.123 e. The van der Waals surface area contributed by atoms with E-state index in [1.165, 1.54) is 5.56 Å². The van der Waals surface area contributed by atoms with Crippen molar-refractivity contribution in [2.24, 2.45) is 0 Å². The maximum atomic E-state index is 6.18. The van der Waals surface area contributed by atoms with Gasteiger partial charge >= 0.3 is 0 Å². The van der Waals surface area contributed by atoms with Gasteiger partial charge in [0.25, 0.3) is 0 Å². The molecule has 1 aromatic carbocycles. The van der Waals surface area contributed by atoms with Crippen LogP contribution in [0.5, 0.6) is 5.75 Å². The topological polar surface area (TPSA) is 30.5 Å². The molecule has 0 saturated heterocycles. The van der Waals surface area contributed by atoms with Crippen molar-refractivity contribution in [2.75, 3.05) is 33.4 Å². The standard InChI is InChI=1S/C16H26ClNO2/c1-12(2)14-11-15(17)13(3)10-16(14)20-9-7-18-6-5-8-19-4/h10-12,18H,5-9H2,1-4H3. The highest BCUT2D eigenvalue weighted by molar-refractivity contribution is 6.31. The quantitative estimate of drug-likeness (QED) is 0.704. The molecule has 0 aromatic heterocycles. The number of halogens is 1. The summed E-state index contributed by atoms with van der Waals surface area (Å²) >= 11 is 6.18. The molecular formula is C16H26ClNO2. The molecule has 0 spiro atoms. The monoisotopic (exact) mass is 299 g/mol. The third-order valence-corrected chi connectivity index (χ3v) is 3.56. The average Bonchev–Trinajstić information content (AvgIpc) is 2.41. The largest absolute Gasteiger partial charge is 0.492 e. The number of ether oxygens (including phenoxy) is 2. The van der Waals surface area contributed by atoms with Gasteiger partial charge in [0.15, 0.2) is 0 Å². The normalized spacial score (nSPS) is 11.1. The Morgan fingerprint density at radius 1 is 1.20 bits per heavy atom. The summed E-state index contributed by atoms with van der Waals surface area (Å²) in [5, 5.41) is 4.14. The Kier molecular flexibility index (Phi) is 7.97. The highest BCUT2D eigenvalue weighted by Gasteiger charge is 2.10. The van der Waals surface area contributed by atoms with Crippen molar-refractivity contribution < 1.29 is 9.47 Å².